The molecule has 7 nitrogen and oxygen atoms in total. The van der Waals surface area contributed by atoms with Gasteiger partial charge in [-0.3, -0.25) is 14.9 Å². The van der Waals surface area contributed by atoms with E-state index in [-0.39, 0.29) is 29.8 Å². The SMILES string of the molecule is CNc1cc(C)c(OC(C)=O)c(C)c1C.Cc1cc(C)c([N+](=O)[O-])c(N)c1C.Cl. The average Bonchev–Trinajstić information content (AvgIpc) is 2.60. The predicted molar refractivity (Wildman–Crippen MR) is 120 cm³/mol. The van der Waals surface area contributed by atoms with Gasteiger partial charge in [0.25, 0.3) is 5.69 Å². The molecule has 0 unspecified atom stereocenters. The number of ether oxygens (including phenoxy) is 1. The van der Waals surface area contributed by atoms with E-state index in [1.165, 1.54) is 6.92 Å². The summed E-state index contributed by atoms with van der Waals surface area (Å²) in [6, 6.07) is 3.77. The number of anilines is 2. The Morgan fingerprint density at radius 1 is 1.00 bits per heavy atom. The quantitative estimate of drug-likeness (QED) is 0.233. The molecule has 0 atom stereocenters. The molecule has 0 radical (unpaired) electrons. The fourth-order valence-electron chi connectivity index (χ4n) is 2.96. The molecule has 3 N–H and O–H groups in total. The van der Waals surface area contributed by atoms with Gasteiger partial charge in [0.15, 0.2) is 0 Å². The van der Waals surface area contributed by atoms with Gasteiger partial charge >= 0.3 is 5.97 Å². The lowest BCUT2D eigenvalue weighted by molar-refractivity contribution is -0.384. The van der Waals surface area contributed by atoms with Crippen LogP contribution in [0.4, 0.5) is 17.1 Å². The minimum atomic E-state index is -0.433. The molecule has 160 valence electrons. The number of aryl methyl sites for hydroxylation is 3. The highest BCUT2D eigenvalue weighted by Crippen LogP contribution is 2.32. The monoisotopic (exact) mass is 423 g/mol. The number of rotatable bonds is 3. The van der Waals surface area contributed by atoms with Crippen molar-refractivity contribution in [3.05, 3.63) is 55.6 Å². The Hall–Kier alpha value is -2.80. The zero-order chi connectivity index (χ0) is 21.8. The summed E-state index contributed by atoms with van der Waals surface area (Å²) in [4.78, 5) is 21.1. The summed E-state index contributed by atoms with van der Waals surface area (Å²) in [6.07, 6.45) is 0. The molecule has 0 aromatic heterocycles. The Morgan fingerprint density at radius 2 is 1.55 bits per heavy atom. The summed E-state index contributed by atoms with van der Waals surface area (Å²) >= 11 is 0. The molecule has 0 aliphatic heterocycles. The number of nitrogens with one attached hydrogen (secondary N) is 1. The fourth-order valence-corrected chi connectivity index (χ4v) is 2.96. The van der Waals surface area contributed by atoms with Gasteiger partial charge in [-0.05, 0) is 81.5 Å². The summed E-state index contributed by atoms with van der Waals surface area (Å²) in [5.74, 6) is 0.400. The average molecular weight is 424 g/mol. The maximum Gasteiger partial charge on any atom is 0.308 e. The van der Waals surface area contributed by atoms with E-state index in [0.717, 1.165) is 33.5 Å². The van der Waals surface area contributed by atoms with Crippen LogP contribution in [-0.2, 0) is 4.79 Å². The molecule has 0 aliphatic rings. The van der Waals surface area contributed by atoms with Gasteiger partial charge in [-0.15, -0.1) is 12.4 Å². The first-order chi connectivity index (χ1) is 12.9. The van der Waals surface area contributed by atoms with Gasteiger partial charge < -0.3 is 15.8 Å². The molecule has 2 rings (SSSR count). The molecule has 0 bridgehead atoms. The van der Waals surface area contributed by atoms with Gasteiger partial charge in [-0.25, -0.2) is 0 Å². The van der Waals surface area contributed by atoms with Gasteiger partial charge in [0.1, 0.15) is 11.4 Å². The van der Waals surface area contributed by atoms with Crippen molar-refractivity contribution < 1.29 is 14.5 Å². The number of esters is 1. The number of hydrogen-bond donors (Lipinski definition) is 2. The smallest absolute Gasteiger partial charge is 0.308 e. The van der Waals surface area contributed by atoms with Gasteiger partial charge in [0.05, 0.1) is 4.92 Å². The molecule has 8 heteroatoms. The van der Waals surface area contributed by atoms with Crippen LogP contribution in [0.1, 0.15) is 40.3 Å². The summed E-state index contributed by atoms with van der Waals surface area (Å²) in [5, 5.41) is 13.7. The Balaban J connectivity index is 0.000000527. The molecular weight excluding hydrogens is 394 g/mol. The minimum absolute atomic E-state index is 0. The zero-order valence-corrected chi connectivity index (χ0v) is 19.0. The summed E-state index contributed by atoms with van der Waals surface area (Å²) < 4.78 is 5.19. The summed E-state index contributed by atoms with van der Waals surface area (Å²) in [7, 11) is 1.88. The van der Waals surface area contributed by atoms with Crippen LogP contribution in [0.5, 0.6) is 5.75 Å². The van der Waals surface area contributed by atoms with Crippen LogP contribution in [0, 0.1) is 51.7 Å². The second-order valence-electron chi connectivity index (χ2n) is 6.82. The van der Waals surface area contributed by atoms with E-state index in [4.69, 9.17) is 10.5 Å². The number of carbonyl (C=O) groups excluding carboxylic acids is 1. The molecule has 0 saturated carbocycles. The zero-order valence-electron chi connectivity index (χ0n) is 18.2. The molecule has 0 fully saturated rings. The van der Waals surface area contributed by atoms with E-state index >= 15 is 0 Å². The fraction of sp³-hybridized carbons (Fsp3) is 0.381. The largest absolute Gasteiger partial charge is 0.426 e. The minimum Gasteiger partial charge on any atom is -0.426 e. The highest BCUT2D eigenvalue weighted by molar-refractivity contribution is 5.85. The number of hydrogen-bond acceptors (Lipinski definition) is 6. The first-order valence-electron chi connectivity index (χ1n) is 8.89. The highest BCUT2D eigenvalue weighted by Gasteiger charge is 2.18. The molecule has 0 saturated heterocycles. The van der Waals surface area contributed by atoms with Gasteiger partial charge in [0.2, 0.25) is 0 Å². The number of carbonyl (C=O) groups is 1. The van der Waals surface area contributed by atoms with Crippen molar-refractivity contribution >= 4 is 35.4 Å². The number of nitrogens with two attached hydrogens (primary N) is 1. The normalized spacial score (nSPS) is 9.66. The van der Waals surface area contributed by atoms with Crippen LogP contribution in [-0.4, -0.2) is 17.9 Å². The van der Waals surface area contributed by atoms with Crippen LogP contribution >= 0.6 is 12.4 Å². The van der Waals surface area contributed by atoms with E-state index in [1.54, 1.807) is 19.9 Å². The van der Waals surface area contributed by atoms with Crippen molar-refractivity contribution in [1.29, 1.82) is 0 Å². The number of nitrogen functional groups attached to an aromatic ring is 1. The van der Waals surface area contributed by atoms with Crippen LogP contribution in [0.15, 0.2) is 12.1 Å². The van der Waals surface area contributed by atoms with Crippen molar-refractivity contribution in [1.82, 2.24) is 0 Å². The van der Waals surface area contributed by atoms with E-state index in [9.17, 15) is 14.9 Å². The van der Waals surface area contributed by atoms with E-state index < -0.39 is 4.92 Å². The number of benzene rings is 2. The van der Waals surface area contributed by atoms with Crippen molar-refractivity contribution in [2.75, 3.05) is 18.1 Å². The van der Waals surface area contributed by atoms with Crippen LogP contribution in [0.2, 0.25) is 0 Å². The maximum absolute atomic E-state index is 10.9. The third kappa shape index (κ3) is 6.09. The Morgan fingerprint density at radius 3 is 2.00 bits per heavy atom. The molecule has 0 heterocycles. The van der Waals surface area contributed by atoms with Gasteiger partial charge in [0, 0.05) is 25.2 Å². The number of nitro benzene ring substituents is 1. The Bertz CT molecular complexity index is 927. The van der Waals surface area contributed by atoms with Crippen molar-refractivity contribution in [3.63, 3.8) is 0 Å². The predicted octanol–water partition coefficient (Wildman–Crippen LogP) is 5.10. The second-order valence-corrected chi connectivity index (χ2v) is 6.82. The lowest BCUT2D eigenvalue weighted by Gasteiger charge is -2.15. The van der Waals surface area contributed by atoms with E-state index in [1.807, 2.05) is 40.8 Å². The van der Waals surface area contributed by atoms with E-state index in [2.05, 4.69) is 5.32 Å². The Kier molecular flexibility index (Phi) is 9.63. The standard InChI is InChI=1S/C12H17NO2.C9H12N2O2.ClH/c1-7-6-11(13-5)8(2)9(3)12(7)15-10(4)14;1-5-4-6(2)9(11(12)13)8(10)7(5)3;/h6,13H,1-5H3;4H,10H2,1-3H3;1H. The number of nitrogens with zero attached hydrogens (tertiary/aromatic N) is 1. The number of halogens is 1. The molecule has 29 heavy (non-hydrogen) atoms. The molecular formula is C21H30ClN3O4. The molecule has 2 aromatic carbocycles. The maximum atomic E-state index is 10.9. The first kappa shape index (κ1) is 26.2. The summed E-state index contributed by atoms with van der Waals surface area (Å²) in [6.45, 7) is 12.7. The van der Waals surface area contributed by atoms with Crippen LogP contribution in [0.25, 0.3) is 0 Å². The topological polar surface area (TPSA) is 107 Å². The molecule has 0 aliphatic carbocycles. The lowest BCUT2D eigenvalue weighted by Crippen LogP contribution is -2.06. The van der Waals surface area contributed by atoms with Gasteiger partial charge in [-0.1, -0.05) is 0 Å². The summed E-state index contributed by atoms with van der Waals surface area (Å²) in [5.41, 5.74) is 12.5. The van der Waals surface area contributed by atoms with Crippen molar-refractivity contribution in [2.24, 2.45) is 0 Å². The van der Waals surface area contributed by atoms with Crippen LogP contribution in [0.3, 0.4) is 0 Å². The first-order valence-corrected chi connectivity index (χ1v) is 8.89. The highest BCUT2D eigenvalue weighted by atomic mass is 35.5. The second kappa shape index (κ2) is 10.7. The molecule has 0 spiro atoms. The third-order valence-corrected chi connectivity index (χ3v) is 4.78. The van der Waals surface area contributed by atoms with Gasteiger partial charge in [-0.2, -0.15) is 0 Å². The van der Waals surface area contributed by atoms with Crippen molar-refractivity contribution in [2.45, 2.75) is 48.5 Å². The Labute approximate surface area is 178 Å². The molecule has 0 amide bonds. The molecule has 2 aromatic rings. The van der Waals surface area contributed by atoms with Crippen LogP contribution < -0.4 is 15.8 Å². The van der Waals surface area contributed by atoms with E-state index in [0.29, 0.717) is 11.3 Å². The van der Waals surface area contributed by atoms with Crippen molar-refractivity contribution in [3.8, 4) is 5.75 Å². The lowest BCUT2D eigenvalue weighted by atomic mass is 10.0. The number of nitro groups is 1. The third-order valence-electron chi connectivity index (χ3n) is 4.78.